The number of amides is 3. The van der Waals surface area contributed by atoms with E-state index in [9.17, 15) is 19.2 Å². The van der Waals surface area contributed by atoms with Gasteiger partial charge in [0.05, 0.1) is 5.56 Å². The highest BCUT2D eigenvalue weighted by molar-refractivity contribution is 8.15. The summed E-state index contributed by atoms with van der Waals surface area (Å²) in [6, 6.07) is 6.23. The van der Waals surface area contributed by atoms with E-state index in [2.05, 4.69) is 15.6 Å². The number of thioether (sulfide) groups is 1. The number of rotatable bonds is 8. The van der Waals surface area contributed by atoms with Gasteiger partial charge in [0.1, 0.15) is 5.25 Å². The number of hydrogen-bond acceptors (Lipinski definition) is 7. The van der Waals surface area contributed by atoms with Gasteiger partial charge in [-0.25, -0.2) is 4.79 Å². The van der Waals surface area contributed by atoms with Crippen molar-refractivity contribution in [3.8, 4) is 0 Å². The van der Waals surface area contributed by atoms with E-state index in [-0.39, 0.29) is 23.8 Å². The van der Waals surface area contributed by atoms with Crippen molar-refractivity contribution in [2.45, 2.75) is 64.9 Å². The van der Waals surface area contributed by atoms with Gasteiger partial charge >= 0.3 is 5.97 Å². The molecule has 1 aromatic rings. The maximum atomic E-state index is 12.5. The van der Waals surface area contributed by atoms with E-state index in [0.717, 1.165) is 13.1 Å². The largest absolute Gasteiger partial charge is 0.449 e. The number of hydrogen-bond donors (Lipinski definition) is 2. The number of amidine groups is 1. The maximum Gasteiger partial charge on any atom is 0.338 e. The number of carbonyl (C=O) groups excluding carboxylic acids is 4. The number of anilines is 1. The Labute approximate surface area is 198 Å². The molecule has 2 N–H and O–H groups in total. The molecule has 0 aliphatic carbocycles. The predicted octanol–water partition coefficient (Wildman–Crippen LogP) is 2.81. The lowest BCUT2D eigenvalue weighted by atomic mass is 10.1. The predicted molar refractivity (Wildman–Crippen MR) is 129 cm³/mol. The molecule has 10 heteroatoms. The number of aliphatic imine (C=N–C) groups is 1. The molecule has 1 aromatic carbocycles. The topological polar surface area (TPSA) is 117 Å². The minimum Gasteiger partial charge on any atom is -0.449 e. The van der Waals surface area contributed by atoms with Gasteiger partial charge in [-0.15, -0.1) is 0 Å². The van der Waals surface area contributed by atoms with Gasteiger partial charge in [-0.1, -0.05) is 17.8 Å². The van der Waals surface area contributed by atoms with Crippen LogP contribution in [0.25, 0.3) is 0 Å². The Morgan fingerprint density at radius 3 is 2.48 bits per heavy atom. The Morgan fingerprint density at radius 2 is 1.88 bits per heavy atom. The molecule has 0 aromatic heterocycles. The summed E-state index contributed by atoms with van der Waals surface area (Å²) in [6.45, 7) is 12.4. The summed E-state index contributed by atoms with van der Waals surface area (Å²) in [5, 5.41) is 5.52. The van der Waals surface area contributed by atoms with Gasteiger partial charge in [-0.3, -0.25) is 14.4 Å². The lowest BCUT2D eigenvalue weighted by Crippen LogP contribution is -2.46. The molecule has 1 heterocycles. The Hall–Kier alpha value is -2.88. The second kappa shape index (κ2) is 11.3. The first-order chi connectivity index (χ1) is 15.4. The van der Waals surface area contributed by atoms with Crippen LogP contribution in [0.1, 0.15) is 58.3 Å². The van der Waals surface area contributed by atoms with Crippen LogP contribution in [-0.4, -0.2) is 63.7 Å². The molecular formula is C23H32N4O5S. The zero-order chi connectivity index (χ0) is 24.8. The van der Waals surface area contributed by atoms with E-state index in [1.165, 1.54) is 30.8 Å². The SMILES string of the molecule is CCN(CC)C1=NC(=O)[C@@H](CC(=O)Nc2cccc(C(=O)O[C@H](C)C(=O)NC(C)(C)C)c2)S1. The first-order valence-corrected chi connectivity index (χ1v) is 11.8. The smallest absolute Gasteiger partial charge is 0.338 e. The van der Waals surface area contributed by atoms with Crippen LogP contribution in [-0.2, 0) is 19.1 Å². The van der Waals surface area contributed by atoms with Gasteiger partial charge < -0.3 is 20.3 Å². The van der Waals surface area contributed by atoms with Crippen molar-refractivity contribution in [2.75, 3.05) is 18.4 Å². The fourth-order valence-corrected chi connectivity index (χ4v) is 4.19. The molecule has 180 valence electrons. The molecule has 0 spiro atoms. The second-order valence-electron chi connectivity index (χ2n) is 8.63. The summed E-state index contributed by atoms with van der Waals surface area (Å²) >= 11 is 1.29. The molecule has 1 aliphatic rings. The van der Waals surface area contributed by atoms with Crippen LogP contribution in [0, 0.1) is 0 Å². The van der Waals surface area contributed by atoms with Gasteiger partial charge in [0.25, 0.3) is 11.8 Å². The molecule has 1 aliphatic heterocycles. The highest BCUT2D eigenvalue weighted by atomic mass is 32.2. The molecule has 33 heavy (non-hydrogen) atoms. The summed E-state index contributed by atoms with van der Waals surface area (Å²) < 4.78 is 5.25. The second-order valence-corrected chi connectivity index (χ2v) is 9.80. The fraction of sp³-hybridized carbons (Fsp3) is 0.522. The molecule has 0 saturated heterocycles. The summed E-state index contributed by atoms with van der Waals surface area (Å²) in [7, 11) is 0. The fourth-order valence-electron chi connectivity index (χ4n) is 3.00. The standard InChI is InChI=1S/C23H32N4O5S/c1-7-27(8-2)22-25-20(30)17(33-22)13-18(28)24-16-11-9-10-15(12-16)21(31)32-14(3)19(29)26-23(4,5)6/h9-12,14,17H,7-8,13H2,1-6H3,(H,24,28)(H,26,29)/t14-,17-/m1/s1. The zero-order valence-electron chi connectivity index (χ0n) is 19.9. The molecule has 2 atom stereocenters. The van der Waals surface area contributed by atoms with Crippen molar-refractivity contribution in [2.24, 2.45) is 4.99 Å². The Bertz CT molecular complexity index is 937. The average Bonchev–Trinajstić information content (AvgIpc) is 3.07. The number of nitrogens with one attached hydrogen (secondary N) is 2. The van der Waals surface area contributed by atoms with Crippen LogP contribution in [0.15, 0.2) is 29.3 Å². The van der Waals surface area contributed by atoms with Gasteiger partial charge in [-0.2, -0.15) is 4.99 Å². The number of nitrogens with zero attached hydrogens (tertiary/aromatic N) is 2. The lowest BCUT2D eigenvalue weighted by Gasteiger charge is -2.23. The van der Waals surface area contributed by atoms with Crippen LogP contribution in [0.2, 0.25) is 0 Å². The van der Waals surface area contributed by atoms with E-state index < -0.39 is 28.8 Å². The van der Waals surface area contributed by atoms with Gasteiger partial charge in [-0.05, 0) is 59.7 Å². The van der Waals surface area contributed by atoms with Crippen molar-refractivity contribution in [3.63, 3.8) is 0 Å². The molecule has 9 nitrogen and oxygen atoms in total. The van der Waals surface area contributed by atoms with E-state index >= 15 is 0 Å². The third-order valence-corrected chi connectivity index (χ3v) is 5.88. The number of ether oxygens (including phenoxy) is 1. The molecule has 2 rings (SSSR count). The lowest BCUT2D eigenvalue weighted by molar-refractivity contribution is -0.130. The van der Waals surface area contributed by atoms with Crippen molar-refractivity contribution in [1.82, 2.24) is 10.2 Å². The van der Waals surface area contributed by atoms with Crippen molar-refractivity contribution >= 4 is 46.3 Å². The molecule has 0 saturated carbocycles. The van der Waals surface area contributed by atoms with E-state index in [4.69, 9.17) is 4.74 Å². The molecule has 0 fully saturated rings. The summed E-state index contributed by atoms with van der Waals surface area (Å²) in [4.78, 5) is 55.3. The first kappa shape index (κ1) is 26.4. The quantitative estimate of drug-likeness (QED) is 0.554. The average molecular weight is 477 g/mol. The van der Waals surface area contributed by atoms with Crippen LogP contribution < -0.4 is 10.6 Å². The summed E-state index contributed by atoms with van der Waals surface area (Å²) in [6.07, 6.45) is -1.00. The minimum atomic E-state index is -0.972. The van der Waals surface area contributed by atoms with Crippen LogP contribution in [0.4, 0.5) is 5.69 Å². The third kappa shape index (κ3) is 7.88. The molecule has 0 bridgehead atoms. The highest BCUT2D eigenvalue weighted by Gasteiger charge is 2.32. The maximum absolute atomic E-state index is 12.5. The van der Waals surface area contributed by atoms with Crippen LogP contribution in [0.3, 0.4) is 0 Å². The normalized spacial score (nSPS) is 16.6. The van der Waals surface area contributed by atoms with Crippen molar-refractivity contribution < 1.29 is 23.9 Å². The van der Waals surface area contributed by atoms with Gasteiger partial charge in [0, 0.05) is 30.7 Å². The minimum absolute atomic E-state index is 0.0313. The molecule has 3 amide bonds. The Balaban J connectivity index is 1.94. The highest BCUT2D eigenvalue weighted by Crippen LogP contribution is 2.27. The first-order valence-electron chi connectivity index (χ1n) is 10.9. The van der Waals surface area contributed by atoms with Crippen LogP contribution >= 0.6 is 11.8 Å². The van der Waals surface area contributed by atoms with Crippen molar-refractivity contribution in [1.29, 1.82) is 0 Å². The monoisotopic (exact) mass is 476 g/mol. The number of esters is 1. The van der Waals surface area contributed by atoms with Gasteiger partial charge in [0.2, 0.25) is 5.91 Å². The van der Waals surface area contributed by atoms with Crippen molar-refractivity contribution in [3.05, 3.63) is 29.8 Å². The Kier molecular flexibility index (Phi) is 9.04. The molecule has 0 radical (unpaired) electrons. The Morgan fingerprint density at radius 1 is 1.21 bits per heavy atom. The van der Waals surface area contributed by atoms with Crippen LogP contribution in [0.5, 0.6) is 0 Å². The number of carbonyl (C=O) groups is 4. The molecule has 0 unspecified atom stereocenters. The summed E-state index contributed by atoms with van der Waals surface area (Å²) in [5.74, 6) is -1.76. The summed E-state index contributed by atoms with van der Waals surface area (Å²) in [5.41, 5.74) is 0.140. The van der Waals surface area contributed by atoms with E-state index in [1.54, 1.807) is 12.1 Å². The number of benzene rings is 1. The molecular weight excluding hydrogens is 444 g/mol. The zero-order valence-corrected chi connectivity index (χ0v) is 20.7. The van der Waals surface area contributed by atoms with E-state index in [1.807, 2.05) is 39.5 Å². The van der Waals surface area contributed by atoms with E-state index in [0.29, 0.717) is 10.9 Å². The van der Waals surface area contributed by atoms with Gasteiger partial charge in [0.15, 0.2) is 11.3 Å². The third-order valence-electron chi connectivity index (χ3n) is 4.67.